The van der Waals surface area contributed by atoms with Crippen LogP contribution < -0.4 is 5.73 Å². The fraction of sp³-hybridized carbons (Fsp3) is 0.600. The van der Waals surface area contributed by atoms with E-state index in [1.807, 2.05) is 4.90 Å². The molecule has 1 aromatic rings. The summed E-state index contributed by atoms with van der Waals surface area (Å²) in [6, 6.07) is 0.108. The molecule has 1 aromatic heterocycles. The number of nitrogens with two attached hydrogens (primary N) is 1. The Labute approximate surface area is 93.1 Å². The van der Waals surface area contributed by atoms with Crippen LogP contribution in [0.3, 0.4) is 0 Å². The van der Waals surface area contributed by atoms with E-state index in [1.54, 1.807) is 10.9 Å². The number of carbonyl (C=O) groups excluding carboxylic acids is 1. The van der Waals surface area contributed by atoms with Gasteiger partial charge in [-0.3, -0.25) is 4.79 Å². The maximum Gasteiger partial charge on any atom is 0.273 e. The van der Waals surface area contributed by atoms with Crippen molar-refractivity contribution in [3.05, 3.63) is 16.6 Å². The Morgan fingerprint density at radius 2 is 2.47 bits per heavy atom. The predicted molar refractivity (Wildman–Crippen MR) is 59.8 cm³/mol. The lowest BCUT2D eigenvalue weighted by atomic mass is 9.96. The maximum atomic E-state index is 12.0. The molecule has 2 unspecified atom stereocenters. The Morgan fingerprint density at radius 1 is 1.67 bits per heavy atom. The van der Waals surface area contributed by atoms with E-state index < -0.39 is 0 Å². The average molecular weight is 225 g/mol. The largest absolute Gasteiger partial charge is 0.335 e. The van der Waals surface area contributed by atoms with Gasteiger partial charge in [-0.25, -0.2) is 4.98 Å². The van der Waals surface area contributed by atoms with Crippen molar-refractivity contribution in [2.24, 2.45) is 11.7 Å². The van der Waals surface area contributed by atoms with Crippen LogP contribution in [-0.4, -0.2) is 34.9 Å². The molecule has 0 saturated carbocycles. The van der Waals surface area contributed by atoms with E-state index in [-0.39, 0.29) is 11.9 Å². The minimum Gasteiger partial charge on any atom is -0.335 e. The number of amides is 1. The number of likely N-dealkylation sites (tertiary alicyclic amines) is 1. The molecule has 2 atom stereocenters. The Morgan fingerprint density at radius 3 is 3.07 bits per heavy atom. The minimum absolute atomic E-state index is 0.0123. The van der Waals surface area contributed by atoms with E-state index in [0.29, 0.717) is 18.2 Å². The Bertz CT molecular complexity index is 328. The second kappa shape index (κ2) is 4.28. The van der Waals surface area contributed by atoms with Gasteiger partial charge in [0.05, 0.1) is 5.51 Å². The molecule has 1 fully saturated rings. The van der Waals surface area contributed by atoms with Crippen LogP contribution in [0.5, 0.6) is 0 Å². The van der Waals surface area contributed by atoms with Gasteiger partial charge in [-0.2, -0.15) is 0 Å². The Kier molecular flexibility index (Phi) is 3.02. The lowest BCUT2D eigenvalue weighted by molar-refractivity contribution is 0.0656. The van der Waals surface area contributed by atoms with Gasteiger partial charge in [-0.15, -0.1) is 11.3 Å². The second-order valence-corrected chi connectivity index (χ2v) is 4.90. The number of thiazole rings is 1. The van der Waals surface area contributed by atoms with Crippen LogP contribution in [0, 0.1) is 5.92 Å². The molecular weight excluding hydrogens is 210 g/mol. The molecule has 0 radical (unpaired) electrons. The highest BCUT2D eigenvalue weighted by Gasteiger charge is 2.26. The third-order valence-electron chi connectivity index (χ3n) is 2.63. The van der Waals surface area contributed by atoms with E-state index >= 15 is 0 Å². The van der Waals surface area contributed by atoms with Crippen LogP contribution in [0.25, 0.3) is 0 Å². The lowest BCUT2D eigenvalue weighted by Gasteiger charge is -2.34. The molecule has 2 rings (SSSR count). The zero-order chi connectivity index (χ0) is 10.8. The van der Waals surface area contributed by atoms with Crippen molar-refractivity contribution in [2.45, 2.75) is 19.4 Å². The van der Waals surface area contributed by atoms with Crippen LogP contribution >= 0.6 is 11.3 Å². The fourth-order valence-electron chi connectivity index (χ4n) is 2.05. The first kappa shape index (κ1) is 10.6. The molecule has 1 amide bonds. The molecule has 2 heterocycles. The van der Waals surface area contributed by atoms with Crippen molar-refractivity contribution in [3.63, 3.8) is 0 Å². The molecule has 15 heavy (non-hydrogen) atoms. The maximum absolute atomic E-state index is 12.0. The highest BCUT2D eigenvalue weighted by molar-refractivity contribution is 7.07. The number of aromatic nitrogens is 1. The van der Waals surface area contributed by atoms with Gasteiger partial charge in [0.1, 0.15) is 5.69 Å². The van der Waals surface area contributed by atoms with E-state index in [0.717, 1.165) is 13.0 Å². The number of rotatable bonds is 1. The zero-order valence-corrected chi connectivity index (χ0v) is 9.54. The summed E-state index contributed by atoms with van der Waals surface area (Å²) in [5.41, 5.74) is 8.12. The number of piperidine rings is 1. The SMILES string of the molecule is CC1CC(N)CN(C(=O)c2cscn2)C1. The van der Waals surface area contributed by atoms with Gasteiger partial charge < -0.3 is 10.6 Å². The summed E-state index contributed by atoms with van der Waals surface area (Å²) in [5, 5.41) is 1.78. The van der Waals surface area contributed by atoms with Gasteiger partial charge in [-0.05, 0) is 12.3 Å². The second-order valence-electron chi connectivity index (χ2n) is 4.18. The van der Waals surface area contributed by atoms with E-state index in [2.05, 4.69) is 11.9 Å². The highest BCUT2D eigenvalue weighted by Crippen LogP contribution is 2.17. The van der Waals surface area contributed by atoms with Crippen LogP contribution in [-0.2, 0) is 0 Å². The molecule has 0 aromatic carbocycles. The van der Waals surface area contributed by atoms with Crippen molar-refractivity contribution >= 4 is 17.2 Å². The van der Waals surface area contributed by atoms with E-state index in [4.69, 9.17) is 5.73 Å². The number of hydrogen-bond acceptors (Lipinski definition) is 4. The number of hydrogen-bond donors (Lipinski definition) is 1. The normalized spacial score (nSPS) is 26.7. The average Bonchev–Trinajstić information content (AvgIpc) is 2.67. The number of nitrogens with zero attached hydrogens (tertiary/aromatic N) is 2. The summed E-state index contributed by atoms with van der Waals surface area (Å²) < 4.78 is 0. The van der Waals surface area contributed by atoms with Gasteiger partial charge in [0.2, 0.25) is 0 Å². The molecule has 4 nitrogen and oxygen atoms in total. The molecule has 1 aliphatic rings. The molecule has 0 aliphatic carbocycles. The molecule has 82 valence electrons. The molecule has 2 N–H and O–H groups in total. The van der Waals surface area contributed by atoms with Gasteiger partial charge in [-0.1, -0.05) is 6.92 Å². The summed E-state index contributed by atoms with van der Waals surface area (Å²) in [7, 11) is 0. The van der Waals surface area contributed by atoms with Gasteiger partial charge in [0, 0.05) is 24.5 Å². The zero-order valence-electron chi connectivity index (χ0n) is 8.72. The standard InChI is InChI=1S/C10H15N3OS/c1-7-2-8(11)4-13(3-7)10(14)9-5-15-6-12-9/h5-8H,2-4,11H2,1H3. The van der Waals surface area contributed by atoms with Crippen molar-refractivity contribution in [1.82, 2.24) is 9.88 Å². The molecule has 5 heteroatoms. The van der Waals surface area contributed by atoms with Crippen molar-refractivity contribution in [1.29, 1.82) is 0 Å². The van der Waals surface area contributed by atoms with Crippen LogP contribution in [0.15, 0.2) is 10.9 Å². The number of carbonyl (C=O) groups is 1. The first-order chi connectivity index (χ1) is 7.16. The first-order valence-corrected chi connectivity index (χ1v) is 6.04. The summed E-state index contributed by atoms with van der Waals surface area (Å²) in [6.45, 7) is 3.57. The van der Waals surface area contributed by atoms with E-state index in [9.17, 15) is 4.79 Å². The molecule has 1 aliphatic heterocycles. The smallest absolute Gasteiger partial charge is 0.273 e. The third-order valence-corrected chi connectivity index (χ3v) is 3.22. The van der Waals surface area contributed by atoms with E-state index in [1.165, 1.54) is 11.3 Å². The summed E-state index contributed by atoms with van der Waals surface area (Å²) in [4.78, 5) is 17.8. The van der Waals surface area contributed by atoms with Crippen molar-refractivity contribution in [3.8, 4) is 0 Å². The van der Waals surface area contributed by atoms with Crippen LogP contribution in [0.2, 0.25) is 0 Å². The van der Waals surface area contributed by atoms with Gasteiger partial charge in [0.15, 0.2) is 0 Å². The predicted octanol–water partition coefficient (Wildman–Crippen LogP) is 0.952. The first-order valence-electron chi connectivity index (χ1n) is 5.10. The summed E-state index contributed by atoms with van der Waals surface area (Å²) in [5.74, 6) is 0.495. The van der Waals surface area contributed by atoms with Crippen LogP contribution in [0.4, 0.5) is 0 Å². The summed E-state index contributed by atoms with van der Waals surface area (Å²) in [6.07, 6.45) is 1.00. The fourth-order valence-corrected chi connectivity index (χ4v) is 2.57. The minimum atomic E-state index is 0.0123. The molecular formula is C10H15N3OS. The van der Waals surface area contributed by atoms with Gasteiger partial charge in [0.25, 0.3) is 5.91 Å². The molecule has 0 bridgehead atoms. The topological polar surface area (TPSA) is 59.2 Å². The summed E-state index contributed by atoms with van der Waals surface area (Å²) >= 11 is 1.44. The van der Waals surface area contributed by atoms with Crippen LogP contribution in [0.1, 0.15) is 23.8 Å². The highest BCUT2D eigenvalue weighted by atomic mass is 32.1. The van der Waals surface area contributed by atoms with Crippen molar-refractivity contribution in [2.75, 3.05) is 13.1 Å². The lowest BCUT2D eigenvalue weighted by Crippen LogP contribution is -2.48. The Hall–Kier alpha value is -0.940. The molecule has 0 spiro atoms. The quantitative estimate of drug-likeness (QED) is 0.774. The van der Waals surface area contributed by atoms with Crippen molar-refractivity contribution < 1.29 is 4.79 Å². The Balaban J connectivity index is 2.07. The van der Waals surface area contributed by atoms with Gasteiger partial charge >= 0.3 is 0 Å². The molecule has 1 saturated heterocycles. The third kappa shape index (κ3) is 2.35. The monoisotopic (exact) mass is 225 g/mol.